The van der Waals surface area contributed by atoms with Gasteiger partial charge in [0.25, 0.3) is 0 Å². The Morgan fingerprint density at radius 3 is 2.73 bits per heavy atom. The monoisotopic (exact) mass is 200 g/mol. The molecule has 78 valence electrons. The molecule has 0 radical (unpaired) electrons. The summed E-state index contributed by atoms with van der Waals surface area (Å²) in [6, 6.07) is 8.54. The van der Waals surface area contributed by atoms with E-state index >= 15 is 0 Å². The van der Waals surface area contributed by atoms with Crippen LogP contribution in [0.3, 0.4) is 0 Å². The van der Waals surface area contributed by atoms with E-state index in [-0.39, 0.29) is 0 Å². The van der Waals surface area contributed by atoms with Gasteiger partial charge in [-0.05, 0) is 50.1 Å². The Morgan fingerprint density at radius 2 is 2.00 bits per heavy atom. The molecule has 2 N–H and O–H groups in total. The molecule has 0 amide bonds. The van der Waals surface area contributed by atoms with E-state index in [0.717, 1.165) is 17.6 Å². The summed E-state index contributed by atoms with van der Waals surface area (Å²) >= 11 is 0. The second-order valence-corrected chi connectivity index (χ2v) is 3.97. The van der Waals surface area contributed by atoms with Crippen LogP contribution in [0.1, 0.15) is 16.8 Å². The lowest BCUT2D eigenvalue weighted by molar-refractivity contribution is 0.970. The number of benzene rings is 1. The highest BCUT2D eigenvalue weighted by Crippen LogP contribution is 2.19. The molecule has 1 heterocycles. The SMILES string of the molecule is Cc1cc(C)c2ccc(CCN)cc2n1. The van der Waals surface area contributed by atoms with Crippen molar-refractivity contribution in [1.29, 1.82) is 0 Å². The number of aryl methyl sites for hydroxylation is 2. The number of hydrogen-bond acceptors (Lipinski definition) is 2. The Hall–Kier alpha value is -1.41. The number of aromatic nitrogens is 1. The van der Waals surface area contributed by atoms with Crippen LogP contribution in [-0.4, -0.2) is 11.5 Å². The molecule has 0 saturated heterocycles. The van der Waals surface area contributed by atoms with Crippen molar-refractivity contribution in [3.63, 3.8) is 0 Å². The first-order chi connectivity index (χ1) is 7.20. The van der Waals surface area contributed by atoms with Gasteiger partial charge in [-0.25, -0.2) is 0 Å². The van der Waals surface area contributed by atoms with Crippen LogP contribution in [0.25, 0.3) is 10.9 Å². The molecule has 2 nitrogen and oxygen atoms in total. The zero-order valence-corrected chi connectivity index (χ0v) is 9.25. The predicted octanol–water partition coefficient (Wildman–Crippen LogP) is 2.35. The van der Waals surface area contributed by atoms with Crippen molar-refractivity contribution in [2.24, 2.45) is 5.73 Å². The van der Waals surface area contributed by atoms with E-state index in [9.17, 15) is 0 Å². The highest BCUT2D eigenvalue weighted by molar-refractivity contribution is 5.82. The second-order valence-electron chi connectivity index (χ2n) is 3.97. The number of rotatable bonds is 2. The largest absolute Gasteiger partial charge is 0.330 e. The minimum Gasteiger partial charge on any atom is -0.330 e. The first-order valence-corrected chi connectivity index (χ1v) is 5.27. The smallest absolute Gasteiger partial charge is 0.0710 e. The van der Waals surface area contributed by atoms with Gasteiger partial charge in [0.1, 0.15) is 0 Å². The third-order valence-electron chi connectivity index (χ3n) is 2.64. The van der Waals surface area contributed by atoms with Crippen LogP contribution in [-0.2, 0) is 6.42 Å². The van der Waals surface area contributed by atoms with Crippen LogP contribution in [0, 0.1) is 13.8 Å². The highest BCUT2D eigenvalue weighted by atomic mass is 14.7. The average Bonchev–Trinajstić information content (AvgIpc) is 2.17. The normalized spacial score (nSPS) is 10.9. The van der Waals surface area contributed by atoms with Crippen LogP contribution in [0.15, 0.2) is 24.3 Å². The lowest BCUT2D eigenvalue weighted by Gasteiger charge is -2.05. The third kappa shape index (κ3) is 2.00. The molecule has 0 atom stereocenters. The molecule has 1 aromatic heterocycles. The van der Waals surface area contributed by atoms with E-state index in [2.05, 4.69) is 36.2 Å². The van der Waals surface area contributed by atoms with Gasteiger partial charge in [0, 0.05) is 11.1 Å². The van der Waals surface area contributed by atoms with Crippen molar-refractivity contribution in [3.8, 4) is 0 Å². The van der Waals surface area contributed by atoms with E-state index < -0.39 is 0 Å². The summed E-state index contributed by atoms with van der Waals surface area (Å²) in [5.41, 5.74) is 10.3. The molecule has 0 bridgehead atoms. The predicted molar refractivity (Wildman–Crippen MR) is 64.0 cm³/mol. The second kappa shape index (κ2) is 3.99. The Balaban J connectivity index is 2.60. The van der Waals surface area contributed by atoms with Gasteiger partial charge >= 0.3 is 0 Å². The Kier molecular flexibility index (Phi) is 2.69. The lowest BCUT2D eigenvalue weighted by Crippen LogP contribution is -2.02. The quantitative estimate of drug-likeness (QED) is 0.808. The van der Waals surface area contributed by atoms with E-state index in [4.69, 9.17) is 5.73 Å². The van der Waals surface area contributed by atoms with Crippen molar-refractivity contribution in [3.05, 3.63) is 41.1 Å². The van der Waals surface area contributed by atoms with Gasteiger partial charge < -0.3 is 5.73 Å². The fourth-order valence-electron chi connectivity index (χ4n) is 1.94. The number of fused-ring (bicyclic) bond motifs is 1. The molecule has 15 heavy (non-hydrogen) atoms. The molecule has 0 aliphatic heterocycles. The molecular formula is C13H16N2. The molecule has 2 aromatic rings. The first-order valence-electron chi connectivity index (χ1n) is 5.27. The van der Waals surface area contributed by atoms with Crippen LogP contribution in [0.2, 0.25) is 0 Å². The summed E-state index contributed by atoms with van der Waals surface area (Å²) in [5, 5.41) is 1.24. The molecule has 1 aromatic carbocycles. The van der Waals surface area contributed by atoms with E-state index in [1.165, 1.54) is 16.5 Å². The standard InChI is InChI=1S/C13H16N2/c1-9-7-10(2)15-13-8-11(5-6-14)3-4-12(9)13/h3-4,7-8H,5-6,14H2,1-2H3. The summed E-state index contributed by atoms with van der Waals surface area (Å²) in [5.74, 6) is 0. The van der Waals surface area contributed by atoms with Gasteiger partial charge in [-0.2, -0.15) is 0 Å². The minimum atomic E-state index is 0.691. The van der Waals surface area contributed by atoms with Crippen LogP contribution < -0.4 is 5.73 Å². The Labute approximate surface area is 90.1 Å². The fourth-order valence-corrected chi connectivity index (χ4v) is 1.94. The molecule has 2 heteroatoms. The maximum absolute atomic E-state index is 5.54. The topological polar surface area (TPSA) is 38.9 Å². The van der Waals surface area contributed by atoms with Gasteiger partial charge in [-0.3, -0.25) is 4.98 Å². The van der Waals surface area contributed by atoms with Crippen LogP contribution in [0.4, 0.5) is 0 Å². The van der Waals surface area contributed by atoms with Gasteiger partial charge in [0.05, 0.1) is 5.52 Å². The minimum absolute atomic E-state index is 0.691. The maximum Gasteiger partial charge on any atom is 0.0710 e. The van der Waals surface area contributed by atoms with Gasteiger partial charge in [0.2, 0.25) is 0 Å². The van der Waals surface area contributed by atoms with Gasteiger partial charge in [0.15, 0.2) is 0 Å². The molecule has 0 aliphatic rings. The fraction of sp³-hybridized carbons (Fsp3) is 0.308. The molecule has 0 spiro atoms. The molecule has 0 aliphatic carbocycles. The Bertz CT molecular complexity index is 489. The Morgan fingerprint density at radius 1 is 1.20 bits per heavy atom. The number of nitrogens with two attached hydrogens (primary N) is 1. The van der Waals surface area contributed by atoms with Crippen LogP contribution in [0.5, 0.6) is 0 Å². The number of nitrogens with zero attached hydrogens (tertiary/aromatic N) is 1. The number of pyridine rings is 1. The summed E-state index contributed by atoms with van der Waals surface area (Å²) in [6.45, 7) is 4.85. The van der Waals surface area contributed by atoms with E-state index in [0.29, 0.717) is 6.54 Å². The summed E-state index contributed by atoms with van der Waals surface area (Å²) in [4.78, 5) is 4.54. The zero-order valence-electron chi connectivity index (χ0n) is 9.25. The molecule has 0 fully saturated rings. The van der Waals surface area contributed by atoms with Crippen LogP contribution >= 0.6 is 0 Å². The third-order valence-corrected chi connectivity index (χ3v) is 2.64. The lowest BCUT2D eigenvalue weighted by atomic mass is 10.0. The molecule has 0 unspecified atom stereocenters. The van der Waals surface area contributed by atoms with Crippen molar-refractivity contribution in [1.82, 2.24) is 4.98 Å². The van der Waals surface area contributed by atoms with E-state index in [1.807, 2.05) is 6.92 Å². The first kappa shape index (κ1) is 10.1. The van der Waals surface area contributed by atoms with Gasteiger partial charge in [-0.15, -0.1) is 0 Å². The molecule has 0 saturated carbocycles. The highest BCUT2D eigenvalue weighted by Gasteiger charge is 2.01. The van der Waals surface area contributed by atoms with Crippen molar-refractivity contribution in [2.75, 3.05) is 6.54 Å². The summed E-state index contributed by atoms with van der Waals surface area (Å²) in [7, 11) is 0. The van der Waals surface area contributed by atoms with Crippen molar-refractivity contribution >= 4 is 10.9 Å². The average molecular weight is 200 g/mol. The molecular weight excluding hydrogens is 184 g/mol. The molecule has 2 rings (SSSR count). The van der Waals surface area contributed by atoms with Crippen molar-refractivity contribution < 1.29 is 0 Å². The van der Waals surface area contributed by atoms with E-state index in [1.54, 1.807) is 0 Å². The maximum atomic E-state index is 5.54. The van der Waals surface area contributed by atoms with Gasteiger partial charge in [-0.1, -0.05) is 12.1 Å². The summed E-state index contributed by atoms with van der Waals surface area (Å²) in [6.07, 6.45) is 0.921. The van der Waals surface area contributed by atoms with Crippen molar-refractivity contribution in [2.45, 2.75) is 20.3 Å². The zero-order chi connectivity index (χ0) is 10.8. The number of hydrogen-bond donors (Lipinski definition) is 1. The summed E-state index contributed by atoms with van der Waals surface area (Å²) < 4.78 is 0.